The molecule has 1 amide bonds. The number of anilines is 1. The van der Waals surface area contributed by atoms with Crippen molar-refractivity contribution in [3.05, 3.63) is 48.0 Å². The van der Waals surface area contributed by atoms with E-state index >= 15 is 0 Å². The highest BCUT2D eigenvalue weighted by Gasteiger charge is 2.28. The van der Waals surface area contributed by atoms with Crippen LogP contribution in [0.4, 0.5) is 5.69 Å². The SMILES string of the molecule is COc1ccc(C(C)(C)C)cc1NC(=O)[C@H]1COc2ccccc2O1. The van der Waals surface area contributed by atoms with Gasteiger partial charge in [-0.15, -0.1) is 0 Å². The zero-order chi connectivity index (χ0) is 18.0. The van der Waals surface area contributed by atoms with E-state index in [-0.39, 0.29) is 17.9 Å². The van der Waals surface area contributed by atoms with E-state index in [4.69, 9.17) is 14.2 Å². The molecular formula is C20H23NO4. The van der Waals surface area contributed by atoms with E-state index in [1.807, 2.05) is 36.4 Å². The number of carbonyl (C=O) groups is 1. The van der Waals surface area contributed by atoms with Gasteiger partial charge in [-0.25, -0.2) is 0 Å². The molecule has 5 nitrogen and oxygen atoms in total. The molecule has 0 aromatic heterocycles. The van der Waals surface area contributed by atoms with Crippen molar-refractivity contribution in [2.45, 2.75) is 32.3 Å². The Morgan fingerprint density at radius 3 is 2.56 bits per heavy atom. The molecule has 1 N–H and O–H groups in total. The predicted octanol–water partition coefficient (Wildman–Crippen LogP) is 3.77. The van der Waals surface area contributed by atoms with Gasteiger partial charge in [0.05, 0.1) is 12.8 Å². The van der Waals surface area contributed by atoms with Crippen LogP contribution in [-0.2, 0) is 10.2 Å². The quantitative estimate of drug-likeness (QED) is 0.923. The van der Waals surface area contributed by atoms with Gasteiger partial charge in [-0.3, -0.25) is 4.79 Å². The van der Waals surface area contributed by atoms with Crippen LogP contribution in [0.2, 0.25) is 0 Å². The normalized spacial score (nSPS) is 16.2. The summed E-state index contributed by atoms with van der Waals surface area (Å²) in [6.45, 7) is 6.53. The average molecular weight is 341 g/mol. The molecule has 132 valence electrons. The van der Waals surface area contributed by atoms with E-state index in [0.717, 1.165) is 5.56 Å². The van der Waals surface area contributed by atoms with Crippen molar-refractivity contribution < 1.29 is 19.0 Å². The Bertz CT molecular complexity index is 780. The summed E-state index contributed by atoms with van der Waals surface area (Å²) >= 11 is 0. The number of rotatable bonds is 3. The third kappa shape index (κ3) is 3.71. The Labute approximate surface area is 147 Å². The lowest BCUT2D eigenvalue weighted by Gasteiger charge is -2.26. The number of methoxy groups -OCH3 is 1. The summed E-state index contributed by atoms with van der Waals surface area (Å²) in [5, 5.41) is 2.91. The highest BCUT2D eigenvalue weighted by molar-refractivity contribution is 5.96. The topological polar surface area (TPSA) is 56.8 Å². The number of ether oxygens (including phenoxy) is 3. The van der Waals surface area contributed by atoms with Crippen LogP contribution in [0.5, 0.6) is 17.2 Å². The molecule has 0 aliphatic carbocycles. The minimum Gasteiger partial charge on any atom is -0.495 e. The van der Waals surface area contributed by atoms with Crippen molar-refractivity contribution in [1.29, 1.82) is 0 Å². The Hall–Kier alpha value is -2.69. The van der Waals surface area contributed by atoms with E-state index in [1.165, 1.54) is 0 Å². The molecule has 2 aromatic rings. The highest BCUT2D eigenvalue weighted by atomic mass is 16.6. The zero-order valence-electron chi connectivity index (χ0n) is 15.0. The molecule has 5 heteroatoms. The van der Waals surface area contributed by atoms with E-state index in [9.17, 15) is 4.79 Å². The second-order valence-electron chi connectivity index (χ2n) is 7.02. The highest BCUT2D eigenvalue weighted by Crippen LogP contribution is 2.33. The van der Waals surface area contributed by atoms with Gasteiger partial charge in [0.2, 0.25) is 6.10 Å². The summed E-state index contributed by atoms with van der Waals surface area (Å²) in [6, 6.07) is 13.1. The second kappa shape index (κ2) is 6.67. The molecule has 0 unspecified atom stereocenters. The summed E-state index contributed by atoms with van der Waals surface area (Å²) in [6.07, 6.45) is -0.710. The molecule has 0 radical (unpaired) electrons. The number of carbonyl (C=O) groups excluding carboxylic acids is 1. The lowest BCUT2D eigenvalue weighted by molar-refractivity contribution is -0.125. The van der Waals surface area contributed by atoms with Crippen LogP contribution in [0.1, 0.15) is 26.3 Å². The Kier molecular flexibility index (Phi) is 4.57. The molecule has 0 saturated heterocycles. The molecule has 0 saturated carbocycles. The smallest absolute Gasteiger partial charge is 0.269 e. The number of benzene rings is 2. The lowest BCUT2D eigenvalue weighted by Crippen LogP contribution is -2.40. The van der Waals surface area contributed by atoms with Gasteiger partial charge in [-0.05, 0) is 35.2 Å². The minimum atomic E-state index is -0.710. The molecular weight excluding hydrogens is 318 g/mol. The largest absolute Gasteiger partial charge is 0.495 e. The van der Waals surface area contributed by atoms with Gasteiger partial charge in [-0.2, -0.15) is 0 Å². The molecule has 0 fully saturated rings. The molecule has 25 heavy (non-hydrogen) atoms. The fraction of sp³-hybridized carbons (Fsp3) is 0.350. The van der Waals surface area contributed by atoms with E-state index in [1.54, 1.807) is 13.2 Å². The van der Waals surface area contributed by atoms with E-state index in [2.05, 4.69) is 26.1 Å². The van der Waals surface area contributed by atoms with Crippen LogP contribution in [0, 0.1) is 0 Å². The van der Waals surface area contributed by atoms with Crippen molar-refractivity contribution in [3.63, 3.8) is 0 Å². The molecule has 2 aromatic carbocycles. The lowest BCUT2D eigenvalue weighted by atomic mass is 9.87. The number of amides is 1. The molecule has 1 atom stereocenters. The minimum absolute atomic E-state index is 0.0326. The standard InChI is InChI=1S/C20H23NO4/c1-20(2,3)13-9-10-15(23-4)14(11-13)21-19(22)18-12-24-16-7-5-6-8-17(16)25-18/h5-11,18H,12H2,1-4H3,(H,21,22)/t18-/m1/s1. The van der Waals surface area contributed by atoms with Gasteiger partial charge >= 0.3 is 0 Å². The first kappa shape index (κ1) is 17.1. The number of hydrogen-bond donors (Lipinski definition) is 1. The third-order valence-electron chi connectivity index (χ3n) is 4.12. The first-order valence-corrected chi connectivity index (χ1v) is 8.26. The van der Waals surface area contributed by atoms with Gasteiger partial charge in [0.25, 0.3) is 5.91 Å². The van der Waals surface area contributed by atoms with Crippen molar-refractivity contribution in [1.82, 2.24) is 0 Å². The summed E-state index contributed by atoms with van der Waals surface area (Å²) in [7, 11) is 1.58. The van der Waals surface area contributed by atoms with Gasteiger partial charge in [0, 0.05) is 0 Å². The molecule has 0 bridgehead atoms. The maximum atomic E-state index is 12.6. The van der Waals surface area contributed by atoms with Crippen LogP contribution in [0.15, 0.2) is 42.5 Å². The molecule has 1 aliphatic heterocycles. The Morgan fingerprint density at radius 1 is 1.16 bits per heavy atom. The molecule has 1 heterocycles. The molecule has 0 spiro atoms. The number of hydrogen-bond acceptors (Lipinski definition) is 4. The third-order valence-corrected chi connectivity index (χ3v) is 4.12. The van der Waals surface area contributed by atoms with Crippen molar-refractivity contribution in [2.75, 3.05) is 19.0 Å². The summed E-state index contributed by atoms with van der Waals surface area (Å²) in [5.41, 5.74) is 1.70. The summed E-state index contributed by atoms with van der Waals surface area (Å²) < 4.78 is 16.7. The molecule has 3 rings (SSSR count). The maximum Gasteiger partial charge on any atom is 0.269 e. The second-order valence-corrected chi connectivity index (χ2v) is 7.02. The number of nitrogens with one attached hydrogen (secondary N) is 1. The van der Waals surface area contributed by atoms with Gasteiger partial charge in [0.1, 0.15) is 12.4 Å². The van der Waals surface area contributed by atoms with Crippen LogP contribution >= 0.6 is 0 Å². The van der Waals surface area contributed by atoms with Gasteiger partial charge in [0.15, 0.2) is 11.5 Å². The van der Waals surface area contributed by atoms with Crippen molar-refractivity contribution >= 4 is 11.6 Å². The fourth-order valence-corrected chi connectivity index (χ4v) is 2.63. The molecule has 1 aliphatic rings. The first-order chi connectivity index (χ1) is 11.9. The van der Waals surface area contributed by atoms with Gasteiger partial charge in [-0.1, -0.05) is 39.0 Å². The van der Waals surface area contributed by atoms with E-state index in [0.29, 0.717) is 22.9 Å². The maximum absolute atomic E-state index is 12.6. The predicted molar refractivity (Wildman–Crippen MR) is 96.7 cm³/mol. The number of para-hydroxylation sites is 2. The van der Waals surface area contributed by atoms with Crippen LogP contribution in [0.3, 0.4) is 0 Å². The summed E-state index contributed by atoms with van der Waals surface area (Å²) in [4.78, 5) is 12.6. The van der Waals surface area contributed by atoms with Crippen molar-refractivity contribution in [2.24, 2.45) is 0 Å². The zero-order valence-corrected chi connectivity index (χ0v) is 15.0. The Balaban J connectivity index is 1.79. The average Bonchev–Trinajstić information content (AvgIpc) is 2.60. The van der Waals surface area contributed by atoms with Crippen molar-refractivity contribution in [3.8, 4) is 17.2 Å². The van der Waals surface area contributed by atoms with Crippen LogP contribution in [-0.4, -0.2) is 25.7 Å². The Morgan fingerprint density at radius 2 is 1.88 bits per heavy atom. The monoisotopic (exact) mass is 341 g/mol. The first-order valence-electron chi connectivity index (χ1n) is 8.26. The number of fused-ring (bicyclic) bond motifs is 1. The van der Waals surface area contributed by atoms with Crippen LogP contribution < -0.4 is 19.5 Å². The van der Waals surface area contributed by atoms with Gasteiger partial charge < -0.3 is 19.5 Å². The van der Waals surface area contributed by atoms with E-state index < -0.39 is 6.10 Å². The summed E-state index contributed by atoms with van der Waals surface area (Å²) in [5.74, 6) is 1.57. The van der Waals surface area contributed by atoms with Crippen LogP contribution in [0.25, 0.3) is 0 Å². The fourth-order valence-electron chi connectivity index (χ4n) is 2.63.